The van der Waals surface area contributed by atoms with Crippen molar-refractivity contribution in [3.63, 3.8) is 0 Å². The predicted octanol–water partition coefficient (Wildman–Crippen LogP) is 3.62. The second-order valence-corrected chi connectivity index (χ2v) is 5.21. The third kappa shape index (κ3) is 1.65. The average Bonchev–Trinajstić information content (AvgIpc) is 2.27. The molecule has 0 spiro atoms. The molecule has 1 aromatic rings. The maximum Gasteiger partial charge on any atom is 0.131 e. The van der Waals surface area contributed by atoms with Crippen molar-refractivity contribution < 1.29 is 4.39 Å². The fourth-order valence-electron chi connectivity index (χ4n) is 2.35. The lowest BCUT2D eigenvalue weighted by Crippen LogP contribution is -2.37. The Bertz CT molecular complexity index is 470. The summed E-state index contributed by atoms with van der Waals surface area (Å²) in [4.78, 5) is 6.76. The van der Waals surface area contributed by atoms with Gasteiger partial charge in [0.1, 0.15) is 11.7 Å². The predicted molar refractivity (Wildman–Crippen MR) is 65.5 cm³/mol. The van der Waals surface area contributed by atoms with Gasteiger partial charge >= 0.3 is 0 Å². The number of aliphatic imine (C=N–C) groups is 1. The second-order valence-electron chi connectivity index (χ2n) is 4.29. The summed E-state index contributed by atoms with van der Waals surface area (Å²) in [5.41, 5.74) is 1.52. The Morgan fingerprint density at radius 1 is 1.31 bits per heavy atom. The number of fused-ring (bicyclic) bond motifs is 2. The van der Waals surface area contributed by atoms with E-state index < -0.39 is 0 Å². The Morgan fingerprint density at radius 3 is 3.06 bits per heavy atom. The largest absolute Gasteiger partial charge is 0.356 e. The highest BCUT2D eigenvalue weighted by Crippen LogP contribution is 2.33. The van der Waals surface area contributed by atoms with Gasteiger partial charge in [-0.25, -0.2) is 9.38 Å². The number of amidine groups is 1. The molecule has 3 rings (SSSR count). The molecule has 2 aliphatic rings. The van der Waals surface area contributed by atoms with Gasteiger partial charge in [0.05, 0.1) is 5.69 Å². The number of hydrogen-bond donors (Lipinski definition) is 0. The van der Waals surface area contributed by atoms with Gasteiger partial charge in [-0.3, -0.25) is 0 Å². The van der Waals surface area contributed by atoms with E-state index in [1.54, 1.807) is 0 Å². The van der Waals surface area contributed by atoms with Gasteiger partial charge in [0, 0.05) is 29.5 Å². The van der Waals surface area contributed by atoms with Gasteiger partial charge in [-0.2, -0.15) is 0 Å². The quantitative estimate of drug-likeness (QED) is 0.710. The van der Waals surface area contributed by atoms with Crippen LogP contribution in [0, 0.1) is 5.82 Å². The summed E-state index contributed by atoms with van der Waals surface area (Å²) < 4.78 is 14.5. The van der Waals surface area contributed by atoms with Gasteiger partial charge < -0.3 is 4.90 Å². The fraction of sp³-hybridized carbons (Fsp3) is 0.417. The van der Waals surface area contributed by atoms with Gasteiger partial charge in [-0.1, -0.05) is 15.9 Å². The van der Waals surface area contributed by atoms with Crippen molar-refractivity contribution >= 4 is 27.5 Å². The van der Waals surface area contributed by atoms with E-state index in [1.807, 2.05) is 6.07 Å². The van der Waals surface area contributed by atoms with Crippen LogP contribution in [0.3, 0.4) is 0 Å². The van der Waals surface area contributed by atoms with Gasteiger partial charge in [0.2, 0.25) is 0 Å². The molecule has 1 fully saturated rings. The number of nitrogens with zero attached hydrogens (tertiary/aromatic N) is 2. The van der Waals surface area contributed by atoms with Crippen LogP contribution >= 0.6 is 15.9 Å². The molecular formula is C12H12BrFN2. The van der Waals surface area contributed by atoms with E-state index in [4.69, 9.17) is 0 Å². The Kier molecular flexibility index (Phi) is 2.46. The highest BCUT2D eigenvalue weighted by molar-refractivity contribution is 9.10. The molecule has 0 saturated carbocycles. The van der Waals surface area contributed by atoms with Crippen molar-refractivity contribution in [2.24, 2.45) is 4.99 Å². The molecule has 0 aromatic heterocycles. The lowest BCUT2D eigenvalue weighted by Gasteiger charge is -2.34. The summed E-state index contributed by atoms with van der Waals surface area (Å²) in [6.07, 6.45) is 3.40. The molecule has 4 heteroatoms. The number of benzene rings is 1. The number of rotatable bonds is 0. The normalized spacial score (nSPS) is 18.9. The number of halogens is 2. The van der Waals surface area contributed by atoms with E-state index in [-0.39, 0.29) is 5.82 Å². The lowest BCUT2D eigenvalue weighted by molar-refractivity contribution is 0.352. The molecule has 0 aliphatic carbocycles. The minimum atomic E-state index is -0.155. The molecule has 0 radical (unpaired) electrons. The van der Waals surface area contributed by atoms with Gasteiger partial charge in [0.15, 0.2) is 0 Å². The van der Waals surface area contributed by atoms with Crippen LogP contribution in [-0.4, -0.2) is 17.3 Å². The molecule has 0 bridgehead atoms. The highest BCUT2D eigenvalue weighted by atomic mass is 79.9. The van der Waals surface area contributed by atoms with Crippen molar-refractivity contribution in [3.05, 3.63) is 28.0 Å². The molecule has 0 N–H and O–H groups in total. The molecule has 0 unspecified atom stereocenters. The Morgan fingerprint density at radius 2 is 2.19 bits per heavy atom. The van der Waals surface area contributed by atoms with Crippen molar-refractivity contribution in [1.82, 2.24) is 4.90 Å². The SMILES string of the molecule is Fc1cc(Br)cc2c1CN1CCCCC1=N2. The van der Waals surface area contributed by atoms with Crippen LogP contribution in [0.25, 0.3) is 0 Å². The Balaban J connectivity index is 2.09. The van der Waals surface area contributed by atoms with Crippen molar-refractivity contribution in [2.75, 3.05) is 6.54 Å². The first kappa shape index (κ1) is 10.3. The van der Waals surface area contributed by atoms with Crippen LogP contribution in [0.2, 0.25) is 0 Å². The Hall–Kier alpha value is -0.900. The minimum absolute atomic E-state index is 0.155. The zero-order chi connectivity index (χ0) is 11.1. The summed E-state index contributed by atoms with van der Waals surface area (Å²) >= 11 is 3.31. The molecule has 1 saturated heterocycles. The summed E-state index contributed by atoms with van der Waals surface area (Å²) in [5, 5.41) is 0. The third-order valence-corrected chi connectivity index (χ3v) is 3.64. The summed E-state index contributed by atoms with van der Waals surface area (Å²) in [5.74, 6) is 0.967. The van der Waals surface area contributed by atoms with E-state index in [9.17, 15) is 4.39 Å². The van der Waals surface area contributed by atoms with Gasteiger partial charge in [0.25, 0.3) is 0 Å². The summed E-state index contributed by atoms with van der Waals surface area (Å²) in [6.45, 7) is 1.68. The molecule has 84 valence electrons. The van der Waals surface area contributed by atoms with Crippen molar-refractivity contribution in [1.29, 1.82) is 0 Å². The standard InChI is InChI=1S/C12H12BrFN2/c13-8-5-10(14)9-7-16-4-2-1-3-12(16)15-11(9)6-8/h5-6H,1-4,7H2. The van der Waals surface area contributed by atoms with Crippen LogP contribution in [0.15, 0.2) is 21.6 Å². The molecule has 2 heterocycles. The minimum Gasteiger partial charge on any atom is -0.356 e. The van der Waals surface area contributed by atoms with Gasteiger partial charge in [-0.05, 0) is 25.0 Å². The molecule has 1 aromatic carbocycles. The van der Waals surface area contributed by atoms with Crippen LogP contribution in [0.1, 0.15) is 24.8 Å². The van der Waals surface area contributed by atoms with E-state index in [0.717, 1.165) is 34.5 Å². The van der Waals surface area contributed by atoms with Gasteiger partial charge in [-0.15, -0.1) is 0 Å². The zero-order valence-corrected chi connectivity index (χ0v) is 10.4. The van der Waals surface area contributed by atoms with Crippen molar-refractivity contribution in [2.45, 2.75) is 25.8 Å². The van der Waals surface area contributed by atoms with E-state index in [0.29, 0.717) is 6.54 Å². The Labute approximate surface area is 102 Å². The third-order valence-electron chi connectivity index (χ3n) is 3.18. The maximum absolute atomic E-state index is 13.8. The maximum atomic E-state index is 13.8. The van der Waals surface area contributed by atoms with Crippen molar-refractivity contribution in [3.8, 4) is 0 Å². The fourth-order valence-corrected chi connectivity index (χ4v) is 2.76. The molecule has 2 aliphatic heterocycles. The monoisotopic (exact) mass is 282 g/mol. The number of hydrogen-bond acceptors (Lipinski definition) is 2. The molecule has 0 amide bonds. The average molecular weight is 283 g/mol. The van der Waals surface area contributed by atoms with E-state index in [2.05, 4.69) is 25.8 Å². The van der Waals surface area contributed by atoms with Crippen LogP contribution in [-0.2, 0) is 6.54 Å². The lowest BCUT2D eigenvalue weighted by atomic mass is 10.0. The summed E-state index contributed by atoms with van der Waals surface area (Å²) in [7, 11) is 0. The van der Waals surface area contributed by atoms with E-state index in [1.165, 1.54) is 18.9 Å². The first-order chi connectivity index (χ1) is 7.74. The summed E-state index contributed by atoms with van der Waals surface area (Å²) in [6, 6.07) is 3.42. The number of piperidine rings is 1. The second kappa shape index (κ2) is 3.84. The molecular weight excluding hydrogens is 271 g/mol. The van der Waals surface area contributed by atoms with Crippen LogP contribution < -0.4 is 0 Å². The smallest absolute Gasteiger partial charge is 0.131 e. The molecule has 16 heavy (non-hydrogen) atoms. The van der Waals surface area contributed by atoms with E-state index >= 15 is 0 Å². The topological polar surface area (TPSA) is 15.6 Å². The molecule has 0 atom stereocenters. The zero-order valence-electron chi connectivity index (χ0n) is 8.84. The molecule has 2 nitrogen and oxygen atoms in total. The first-order valence-electron chi connectivity index (χ1n) is 5.54. The first-order valence-corrected chi connectivity index (χ1v) is 6.34. The van der Waals surface area contributed by atoms with Crippen LogP contribution in [0.4, 0.5) is 10.1 Å². The van der Waals surface area contributed by atoms with Crippen LogP contribution in [0.5, 0.6) is 0 Å². The highest BCUT2D eigenvalue weighted by Gasteiger charge is 2.24.